The molecule has 0 bridgehead atoms. The molecule has 23 heavy (non-hydrogen) atoms. The van der Waals surface area contributed by atoms with E-state index in [2.05, 4.69) is 4.90 Å². The lowest BCUT2D eigenvalue weighted by Gasteiger charge is -2.36. The van der Waals surface area contributed by atoms with E-state index in [1.165, 1.54) is 6.07 Å². The maximum Gasteiger partial charge on any atom is 0.239 e. The van der Waals surface area contributed by atoms with Gasteiger partial charge in [0.05, 0.1) is 6.04 Å². The van der Waals surface area contributed by atoms with Crippen LogP contribution in [0.15, 0.2) is 18.2 Å². The standard InChI is InChI=1S/C16H23ClFN3OS/c1-23-10-5-15(19)16(22)21-8-6-20(7-9-21)11-12-13(17)3-2-4-14(12)18/h2-4,15H,5-11,19H2,1H3. The summed E-state index contributed by atoms with van der Waals surface area (Å²) in [4.78, 5) is 16.2. The van der Waals surface area contributed by atoms with Crippen molar-refractivity contribution in [2.24, 2.45) is 5.73 Å². The first-order valence-electron chi connectivity index (χ1n) is 7.71. The van der Waals surface area contributed by atoms with Gasteiger partial charge in [0.2, 0.25) is 5.91 Å². The van der Waals surface area contributed by atoms with E-state index >= 15 is 0 Å². The van der Waals surface area contributed by atoms with E-state index in [4.69, 9.17) is 17.3 Å². The molecule has 1 heterocycles. The second kappa shape index (κ2) is 8.87. The molecule has 2 N–H and O–H groups in total. The van der Waals surface area contributed by atoms with Crippen LogP contribution in [0.25, 0.3) is 0 Å². The highest BCUT2D eigenvalue weighted by Crippen LogP contribution is 2.21. The Hall–Kier alpha value is -0.820. The molecule has 128 valence electrons. The summed E-state index contributed by atoms with van der Waals surface area (Å²) < 4.78 is 13.8. The Morgan fingerprint density at radius 1 is 1.39 bits per heavy atom. The molecule has 0 spiro atoms. The largest absolute Gasteiger partial charge is 0.339 e. The molecule has 0 aliphatic carbocycles. The van der Waals surface area contributed by atoms with Gasteiger partial charge in [0.25, 0.3) is 0 Å². The van der Waals surface area contributed by atoms with Crippen LogP contribution in [0.2, 0.25) is 5.02 Å². The van der Waals surface area contributed by atoms with Gasteiger partial charge in [-0.3, -0.25) is 9.69 Å². The molecular weight excluding hydrogens is 337 g/mol. The Morgan fingerprint density at radius 3 is 2.70 bits per heavy atom. The minimum atomic E-state index is -0.421. The highest BCUT2D eigenvalue weighted by atomic mass is 35.5. The van der Waals surface area contributed by atoms with Crippen LogP contribution in [0.1, 0.15) is 12.0 Å². The van der Waals surface area contributed by atoms with E-state index < -0.39 is 6.04 Å². The van der Waals surface area contributed by atoms with Crippen LogP contribution >= 0.6 is 23.4 Å². The number of carbonyl (C=O) groups excluding carboxylic acids is 1. The van der Waals surface area contributed by atoms with Gasteiger partial charge >= 0.3 is 0 Å². The Bertz CT molecular complexity index is 518. The van der Waals surface area contributed by atoms with E-state index in [9.17, 15) is 9.18 Å². The first kappa shape index (κ1) is 18.5. The van der Waals surface area contributed by atoms with Gasteiger partial charge < -0.3 is 10.6 Å². The van der Waals surface area contributed by atoms with Gasteiger partial charge in [0, 0.05) is 43.3 Å². The fraction of sp³-hybridized carbons (Fsp3) is 0.562. The number of benzene rings is 1. The second-order valence-electron chi connectivity index (χ2n) is 5.69. The van der Waals surface area contributed by atoms with Crippen LogP contribution in [0.4, 0.5) is 4.39 Å². The van der Waals surface area contributed by atoms with Crippen molar-refractivity contribution < 1.29 is 9.18 Å². The van der Waals surface area contributed by atoms with Crippen molar-refractivity contribution >= 4 is 29.3 Å². The lowest BCUT2D eigenvalue weighted by molar-refractivity contribution is -0.134. The van der Waals surface area contributed by atoms with Crippen molar-refractivity contribution in [3.63, 3.8) is 0 Å². The number of nitrogens with two attached hydrogens (primary N) is 1. The van der Waals surface area contributed by atoms with Crippen LogP contribution in [-0.4, -0.2) is 59.9 Å². The Balaban J connectivity index is 1.85. The van der Waals surface area contributed by atoms with Crippen LogP contribution < -0.4 is 5.73 Å². The van der Waals surface area contributed by atoms with Gasteiger partial charge in [-0.15, -0.1) is 0 Å². The normalized spacial score (nSPS) is 17.3. The quantitative estimate of drug-likeness (QED) is 0.846. The first-order valence-corrected chi connectivity index (χ1v) is 9.48. The average Bonchev–Trinajstić information content (AvgIpc) is 2.56. The lowest BCUT2D eigenvalue weighted by atomic mass is 10.1. The molecule has 0 aromatic heterocycles. The summed E-state index contributed by atoms with van der Waals surface area (Å²) in [6.07, 6.45) is 2.70. The third-order valence-electron chi connectivity index (χ3n) is 4.08. The Morgan fingerprint density at radius 2 is 2.09 bits per heavy atom. The van der Waals surface area contributed by atoms with E-state index in [-0.39, 0.29) is 11.7 Å². The predicted octanol–water partition coefficient (Wildman–Crippen LogP) is 2.20. The SMILES string of the molecule is CSCCC(N)C(=O)N1CCN(Cc2c(F)cccc2Cl)CC1. The van der Waals surface area contributed by atoms with Crippen molar-refractivity contribution in [3.8, 4) is 0 Å². The topological polar surface area (TPSA) is 49.6 Å². The van der Waals surface area contributed by atoms with Gasteiger partial charge in [-0.2, -0.15) is 11.8 Å². The summed E-state index contributed by atoms with van der Waals surface area (Å²) in [6, 6.07) is 4.30. The number of hydrogen-bond donors (Lipinski definition) is 1. The van der Waals surface area contributed by atoms with E-state index in [0.29, 0.717) is 49.7 Å². The number of piperazine rings is 1. The fourth-order valence-electron chi connectivity index (χ4n) is 2.64. The molecule has 1 aromatic carbocycles. The summed E-state index contributed by atoms with van der Waals surface area (Å²) in [7, 11) is 0. The smallest absolute Gasteiger partial charge is 0.239 e. The van der Waals surface area contributed by atoms with Crippen molar-refractivity contribution in [2.45, 2.75) is 19.0 Å². The lowest BCUT2D eigenvalue weighted by Crippen LogP contribution is -2.53. The number of hydrogen-bond acceptors (Lipinski definition) is 4. The predicted molar refractivity (Wildman–Crippen MR) is 94.2 cm³/mol. The number of amides is 1. The van der Waals surface area contributed by atoms with Crippen molar-refractivity contribution in [2.75, 3.05) is 38.2 Å². The molecule has 7 heteroatoms. The molecular formula is C16H23ClFN3OS. The summed E-state index contributed by atoms with van der Waals surface area (Å²) in [5.74, 6) is 0.622. The molecule has 1 saturated heterocycles. The molecule has 1 aromatic rings. The number of rotatable bonds is 6. The second-order valence-corrected chi connectivity index (χ2v) is 7.08. The fourth-order valence-corrected chi connectivity index (χ4v) is 3.35. The van der Waals surface area contributed by atoms with Gasteiger partial charge in [0.15, 0.2) is 0 Å². The molecule has 1 aliphatic heterocycles. The molecule has 1 aliphatic rings. The zero-order chi connectivity index (χ0) is 16.8. The summed E-state index contributed by atoms with van der Waals surface area (Å²) >= 11 is 7.76. The maximum absolute atomic E-state index is 13.8. The molecule has 0 saturated carbocycles. The van der Waals surface area contributed by atoms with Gasteiger partial charge in [-0.1, -0.05) is 17.7 Å². The van der Waals surface area contributed by atoms with Gasteiger partial charge in [-0.05, 0) is 30.6 Å². The zero-order valence-electron chi connectivity index (χ0n) is 13.3. The molecule has 1 atom stereocenters. The summed E-state index contributed by atoms with van der Waals surface area (Å²) in [5.41, 5.74) is 6.47. The van der Waals surface area contributed by atoms with Crippen LogP contribution in [0, 0.1) is 5.82 Å². The maximum atomic E-state index is 13.8. The molecule has 1 fully saturated rings. The van der Waals surface area contributed by atoms with Gasteiger partial charge in [0.1, 0.15) is 5.82 Å². The highest BCUT2D eigenvalue weighted by molar-refractivity contribution is 7.98. The molecule has 1 unspecified atom stereocenters. The van der Waals surface area contributed by atoms with E-state index in [0.717, 1.165) is 5.75 Å². The molecule has 4 nitrogen and oxygen atoms in total. The van der Waals surface area contributed by atoms with Crippen molar-refractivity contribution in [1.82, 2.24) is 9.80 Å². The number of nitrogens with zero attached hydrogens (tertiary/aromatic N) is 2. The number of halogens is 2. The zero-order valence-corrected chi connectivity index (χ0v) is 14.9. The third-order valence-corrected chi connectivity index (χ3v) is 5.08. The van der Waals surface area contributed by atoms with Crippen molar-refractivity contribution in [3.05, 3.63) is 34.6 Å². The summed E-state index contributed by atoms with van der Waals surface area (Å²) in [6.45, 7) is 3.11. The summed E-state index contributed by atoms with van der Waals surface area (Å²) in [5, 5.41) is 0.447. The minimum Gasteiger partial charge on any atom is -0.339 e. The van der Waals surface area contributed by atoms with Crippen LogP contribution in [0.5, 0.6) is 0 Å². The molecule has 0 radical (unpaired) electrons. The van der Waals surface area contributed by atoms with Crippen molar-refractivity contribution in [1.29, 1.82) is 0 Å². The van der Waals surface area contributed by atoms with Crippen LogP contribution in [0.3, 0.4) is 0 Å². The molecule has 2 rings (SSSR count). The van der Waals surface area contributed by atoms with Crippen LogP contribution in [-0.2, 0) is 11.3 Å². The van der Waals surface area contributed by atoms with E-state index in [1.54, 1.807) is 23.9 Å². The highest BCUT2D eigenvalue weighted by Gasteiger charge is 2.25. The Labute approximate surface area is 146 Å². The van der Waals surface area contributed by atoms with E-state index in [1.807, 2.05) is 11.2 Å². The van der Waals surface area contributed by atoms with Gasteiger partial charge in [-0.25, -0.2) is 4.39 Å². The third kappa shape index (κ3) is 5.08. The molecule has 1 amide bonds. The average molecular weight is 360 g/mol. The minimum absolute atomic E-state index is 0.0163. The first-order chi connectivity index (χ1) is 11.0. The number of carbonyl (C=O) groups is 1. The Kier molecular flexibility index (Phi) is 7.14. The number of thioether (sulfide) groups is 1. The monoisotopic (exact) mass is 359 g/mol.